The first-order valence-electron chi connectivity index (χ1n) is 5.91. The Balaban J connectivity index is 1.52. The molecule has 3 heterocycles. The van der Waals surface area contributed by atoms with Crippen molar-refractivity contribution in [2.75, 3.05) is 39.4 Å². The minimum absolute atomic E-state index is 0.665. The van der Waals surface area contributed by atoms with Gasteiger partial charge in [0.1, 0.15) is 0 Å². The monoisotopic (exact) mass is 196 g/mol. The van der Waals surface area contributed by atoms with E-state index in [-0.39, 0.29) is 0 Å². The van der Waals surface area contributed by atoms with Crippen molar-refractivity contribution in [1.29, 1.82) is 0 Å². The number of nitrogens with one attached hydrogen (secondary N) is 1. The minimum Gasteiger partial charge on any atom is -0.381 e. The van der Waals surface area contributed by atoms with Gasteiger partial charge in [0.2, 0.25) is 0 Å². The third-order valence-electron chi connectivity index (χ3n) is 4.12. The fourth-order valence-electron chi connectivity index (χ4n) is 3.19. The van der Waals surface area contributed by atoms with E-state index in [1.807, 2.05) is 0 Å². The summed E-state index contributed by atoms with van der Waals surface area (Å²) >= 11 is 0. The highest BCUT2D eigenvalue weighted by molar-refractivity contribution is 5.02. The molecule has 0 amide bonds. The first-order chi connectivity index (χ1) is 6.88. The van der Waals surface area contributed by atoms with Gasteiger partial charge >= 0.3 is 0 Å². The zero-order chi connectivity index (χ0) is 9.43. The molecular weight excluding hydrogens is 176 g/mol. The molecule has 3 aliphatic heterocycles. The van der Waals surface area contributed by atoms with Crippen LogP contribution < -0.4 is 5.32 Å². The van der Waals surface area contributed by atoms with Gasteiger partial charge in [0.05, 0.1) is 0 Å². The minimum atomic E-state index is 0.665. The van der Waals surface area contributed by atoms with Gasteiger partial charge in [0.25, 0.3) is 0 Å². The molecule has 3 nitrogen and oxygen atoms in total. The van der Waals surface area contributed by atoms with Crippen LogP contribution in [-0.2, 0) is 4.74 Å². The van der Waals surface area contributed by atoms with Crippen molar-refractivity contribution in [2.24, 2.45) is 5.41 Å². The highest BCUT2D eigenvalue weighted by Gasteiger charge is 2.46. The Morgan fingerprint density at radius 3 is 2.64 bits per heavy atom. The van der Waals surface area contributed by atoms with Crippen molar-refractivity contribution in [2.45, 2.75) is 25.3 Å². The smallest absolute Gasteiger partial charge is 0.0480 e. The van der Waals surface area contributed by atoms with Gasteiger partial charge in [-0.2, -0.15) is 0 Å². The normalized spacial score (nSPS) is 33.4. The molecule has 0 unspecified atom stereocenters. The van der Waals surface area contributed by atoms with Gasteiger partial charge in [-0.1, -0.05) is 0 Å². The molecule has 1 N–H and O–H groups in total. The van der Waals surface area contributed by atoms with Crippen molar-refractivity contribution < 1.29 is 4.74 Å². The average molecular weight is 196 g/mol. The summed E-state index contributed by atoms with van der Waals surface area (Å²) in [6.07, 6.45) is 3.90. The number of rotatable bonds is 1. The zero-order valence-electron chi connectivity index (χ0n) is 8.80. The van der Waals surface area contributed by atoms with Crippen LogP contribution in [0.15, 0.2) is 0 Å². The summed E-state index contributed by atoms with van der Waals surface area (Å²) in [5.41, 5.74) is 0.665. The topological polar surface area (TPSA) is 24.5 Å². The SMILES string of the molecule is C1CC2(CN1)CN(C1CCOCC1)C2. The molecule has 14 heavy (non-hydrogen) atoms. The lowest BCUT2D eigenvalue weighted by Gasteiger charge is -2.52. The van der Waals surface area contributed by atoms with Crippen LogP contribution in [0.5, 0.6) is 0 Å². The second-order valence-electron chi connectivity index (χ2n) is 5.18. The standard InChI is InChI=1S/C11H20N2O/c1-5-14-6-2-10(1)13-8-11(9-13)3-4-12-7-11/h10,12H,1-9H2. The molecule has 0 radical (unpaired) electrons. The van der Waals surface area contributed by atoms with Crippen LogP contribution in [0, 0.1) is 5.41 Å². The van der Waals surface area contributed by atoms with Crippen LogP contribution in [0.4, 0.5) is 0 Å². The first-order valence-corrected chi connectivity index (χ1v) is 5.91. The molecule has 3 fully saturated rings. The van der Waals surface area contributed by atoms with Gasteiger partial charge in [0, 0.05) is 44.3 Å². The Hall–Kier alpha value is -0.120. The van der Waals surface area contributed by atoms with Crippen LogP contribution in [-0.4, -0.2) is 50.3 Å². The molecule has 0 aromatic heterocycles. The molecule has 0 aliphatic carbocycles. The predicted octanol–water partition coefficient (Wildman–Crippen LogP) is 0.461. The first kappa shape index (κ1) is 9.13. The largest absolute Gasteiger partial charge is 0.381 e. The number of hydrogen-bond donors (Lipinski definition) is 1. The number of ether oxygens (including phenoxy) is 1. The third-order valence-corrected chi connectivity index (χ3v) is 4.12. The molecular formula is C11H20N2O. The maximum atomic E-state index is 5.40. The quantitative estimate of drug-likeness (QED) is 0.659. The van der Waals surface area contributed by atoms with Gasteiger partial charge in [-0.05, 0) is 25.8 Å². The lowest BCUT2D eigenvalue weighted by Crippen LogP contribution is -2.61. The Bertz CT molecular complexity index is 199. The number of likely N-dealkylation sites (tertiary alicyclic amines) is 1. The third kappa shape index (κ3) is 1.47. The fourth-order valence-corrected chi connectivity index (χ4v) is 3.19. The number of hydrogen-bond acceptors (Lipinski definition) is 3. The summed E-state index contributed by atoms with van der Waals surface area (Å²) in [7, 11) is 0. The van der Waals surface area contributed by atoms with Crippen molar-refractivity contribution >= 4 is 0 Å². The summed E-state index contributed by atoms with van der Waals surface area (Å²) in [5, 5.41) is 3.49. The summed E-state index contributed by atoms with van der Waals surface area (Å²) in [4.78, 5) is 2.68. The zero-order valence-corrected chi connectivity index (χ0v) is 8.80. The van der Waals surface area contributed by atoms with Crippen molar-refractivity contribution in [3.8, 4) is 0 Å². The Morgan fingerprint density at radius 1 is 1.21 bits per heavy atom. The summed E-state index contributed by atoms with van der Waals surface area (Å²) < 4.78 is 5.40. The molecule has 0 aromatic rings. The van der Waals surface area contributed by atoms with E-state index in [4.69, 9.17) is 4.74 Å². The maximum Gasteiger partial charge on any atom is 0.0480 e. The lowest BCUT2D eigenvalue weighted by atomic mass is 9.77. The van der Waals surface area contributed by atoms with Crippen LogP contribution in [0.1, 0.15) is 19.3 Å². The Kier molecular flexibility index (Phi) is 2.26. The summed E-state index contributed by atoms with van der Waals surface area (Å²) in [5.74, 6) is 0. The molecule has 3 saturated heterocycles. The summed E-state index contributed by atoms with van der Waals surface area (Å²) in [6, 6.07) is 0.829. The molecule has 0 atom stereocenters. The van der Waals surface area contributed by atoms with Gasteiger partial charge in [0.15, 0.2) is 0 Å². The molecule has 0 aromatic carbocycles. The Labute approximate surface area is 85.8 Å². The van der Waals surface area contributed by atoms with Gasteiger partial charge in [-0.15, -0.1) is 0 Å². The molecule has 0 bridgehead atoms. The molecule has 80 valence electrons. The van der Waals surface area contributed by atoms with E-state index < -0.39 is 0 Å². The van der Waals surface area contributed by atoms with Gasteiger partial charge in [-0.25, -0.2) is 0 Å². The van der Waals surface area contributed by atoms with Crippen LogP contribution in [0.3, 0.4) is 0 Å². The van der Waals surface area contributed by atoms with Crippen molar-refractivity contribution in [3.63, 3.8) is 0 Å². The fraction of sp³-hybridized carbons (Fsp3) is 1.00. The molecule has 3 rings (SSSR count). The second-order valence-corrected chi connectivity index (χ2v) is 5.18. The maximum absolute atomic E-state index is 5.40. The molecule has 3 aliphatic rings. The van der Waals surface area contributed by atoms with E-state index in [2.05, 4.69) is 10.2 Å². The Morgan fingerprint density at radius 2 is 2.00 bits per heavy atom. The predicted molar refractivity (Wildman–Crippen MR) is 55.3 cm³/mol. The van der Waals surface area contributed by atoms with E-state index in [9.17, 15) is 0 Å². The van der Waals surface area contributed by atoms with Crippen molar-refractivity contribution in [1.82, 2.24) is 10.2 Å². The summed E-state index contributed by atoms with van der Waals surface area (Å²) in [6.45, 7) is 7.13. The highest BCUT2D eigenvalue weighted by atomic mass is 16.5. The molecule has 1 spiro atoms. The molecule has 3 heteroatoms. The number of nitrogens with zero attached hydrogens (tertiary/aromatic N) is 1. The van der Waals surface area contributed by atoms with E-state index in [0.717, 1.165) is 19.3 Å². The average Bonchev–Trinajstić information content (AvgIpc) is 2.65. The highest BCUT2D eigenvalue weighted by Crippen LogP contribution is 2.38. The van der Waals surface area contributed by atoms with Crippen molar-refractivity contribution in [3.05, 3.63) is 0 Å². The van der Waals surface area contributed by atoms with E-state index in [0.29, 0.717) is 5.41 Å². The van der Waals surface area contributed by atoms with Crippen LogP contribution in [0.25, 0.3) is 0 Å². The lowest BCUT2D eigenvalue weighted by molar-refractivity contribution is -0.0552. The second kappa shape index (κ2) is 3.47. The van der Waals surface area contributed by atoms with Crippen LogP contribution in [0.2, 0.25) is 0 Å². The van der Waals surface area contributed by atoms with Gasteiger partial charge in [-0.3, -0.25) is 4.90 Å². The van der Waals surface area contributed by atoms with Crippen LogP contribution >= 0.6 is 0 Å². The van der Waals surface area contributed by atoms with Gasteiger partial charge < -0.3 is 10.1 Å². The van der Waals surface area contributed by atoms with E-state index in [1.165, 1.54) is 45.4 Å². The van der Waals surface area contributed by atoms with E-state index in [1.54, 1.807) is 0 Å². The van der Waals surface area contributed by atoms with E-state index >= 15 is 0 Å². The molecule has 0 saturated carbocycles.